The number of aryl methyl sites for hydroxylation is 1. The monoisotopic (exact) mass is 215 g/mol. The number of benzene rings is 1. The molecule has 77 valence electrons. The molecule has 5 heteroatoms. The van der Waals surface area contributed by atoms with Crippen molar-refractivity contribution in [3.05, 3.63) is 29.8 Å². The standard InChI is InChI=1S/C9H11O4S/c10-7-3-5-8-4-1-2-6-9(8)14(11,12)13/h1-2,4,6H,3,5,7H2,(H,11,12,13). The average molecular weight is 215 g/mol. The molecule has 0 bridgehead atoms. The summed E-state index contributed by atoms with van der Waals surface area (Å²) < 4.78 is 30.7. The first-order valence-corrected chi connectivity index (χ1v) is 5.63. The average Bonchev–Trinajstić information content (AvgIpc) is 2.14. The second-order valence-corrected chi connectivity index (χ2v) is 4.28. The Bertz CT molecular complexity index is 397. The zero-order chi connectivity index (χ0) is 10.6. The Morgan fingerprint density at radius 3 is 2.43 bits per heavy atom. The summed E-state index contributed by atoms with van der Waals surface area (Å²) in [5.41, 5.74) is 0.492. The minimum Gasteiger partial charge on any atom is -0.282 e. The Labute approximate surface area is 82.9 Å². The lowest BCUT2D eigenvalue weighted by Gasteiger charge is -2.04. The summed E-state index contributed by atoms with van der Waals surface area (Å²) in [7, 11) is -4.17. The highest BCUT2D eigenvalue weighted by atomic mass is 32.2. The fraction of sp³-hybridized carbons (Fsp3) is 0.333. The van der Waals surface area contributed by atoms with Crippen LogP contribution in [-0.2, 0) is 21.6 Å². The Balaban J connectivity index is 3.04. The van der Waals surface area contributed by atoms with Crippen molar-refractivity contribution >= 4 is 10.1 Å². The molecule has 0 saturated carbocycles. The van der Waals surface area contributed by atoms with Gasteiger partial charge in [-0.05, 0) is 24.5 Å². The Hall–Kier alpha value is -0.910. The molecule has 0 fully saturated rings. The molecule has 0 aliphatic heterocycles. The van der Waals surface area contributed by atoms with Crippen molar-refractivity contribution in [3.63, 3.8) is 0 Å². The molecule has 0 amide bonds. The van der Waals surface area contributed by atoms with Gasteiger partial charge >= 0.3 is 0 Å². The molecule has 0 aliphatic carbocycles. The summed E-state index contributed by atoms with van der Waals surface area (Å²) in [6.07, 6.45) is 0.742. The van der Waals surface area contributed by atoms with Gasteiger partial charge in [-0.25, -0.2) is 5.11 Å². The van der Waals surface area contributed by atoms with Gasteiger partial charge < -0.3 is 0 Å². The summed E-state index contributed by atoms with van der Waals surface area (Å²) >= 11 is 0. The lowest BCUT2D eigenvalue weighted by atomic mass is 10.1. The van der Waals surface area contributed by atoms with Crippen molar-refractivity contribution in [1.29, 1.82) is 0 Å². The van der Waals surface area contributed by atoms with Crippen LogP contribution >= 0.6 is 0 Å². The van der Waals surface area contributed by atoms with E-state index in [4.69, 9.17) is 4.55 Å². The van der Waals surface area contributed by atoms with E-state index in [1.165, 1.54) is 12.1 Å². The highest BCUT2D eigenvalue weighted by Crippen LogP contribution is 2.16. The van der Waals surface area contributed by atoms with Gasteiger partial charge in [0.25, 0.3) is 10.1 Å². The largest absolute Gasteiger partial charge is 0.294 e. The number of hydrogen-bond donors (Lipinski definition) is 1. The number of hydrogen-bond acceptors (Lipinski definition) is 2. The maximum atomic E-state index is 10.9. The van der Waals surface area contributed by atoms with Gasteiger partial charge in [-0.15, -0.1) is 0 Å². The molecule has 14 heavy (non-hydrogen) atoms. The van der Waals surface area contributed by atoms with Crippen LogP contribution in [0.15, 0.2) is 29.2 Å². The maximum absolute atomic E-state index is 10.9. The second-order valence-electron chi connectivity index (χ2n) is 2.89. The number of rotatable bonds is 4. The van der Waals surface area contributed by atoms with Crippen LogP contribution in [0, 0.1) is 0 Å². The summed E-state index contributed by atoms with van der Waals surface area (Å²) in [6, 6.07) is 6.13. The van der Waals surface area contributed by atoms with E-state index in [-0.39, 0.29) is 11.5 Å². The van der Waals surface area contributed by atoms with E-state index in [0.29, 0.717) is 18.4 Å². The molecule has 0 aliphatic rings. The molecule has 1 radical (unpaired) electrons. The van der Waals surface area contributed by atoms with E-state index in [1.807, 2.05) is 0 Å². The lowest BCUT2D eigenvalue weighted by Crippen LogP contribution is -2.03. The van der Waals surface area contributed by atoms with Gasteiger partial charge in [-0.3, -0.25) is 4.55 Å². The van der Waals surface area contributed by atoms with Crippen LogP contribution < -0.4 is 0 Å². The zero-order valence-electron chi connectivity index (χ0n) is 7.51. The Morgan fingerprint density at radius 1 is 1.21 bits per heavy atom. The predicted molar refractivity (Wildman–Crippen MR) is 50.1 cm³/mol. The first-order valence-electron chi connectivity index (χ1n) is 4.19. The van der Waals surface area contributed by atoms with Crippen LogP contribution in [0.4, 0.5) is 0 Å². The van der Waals surface area contributed by atoms with Crippen LogP contribution in [-0.4, -0.2) is 19.6 Å². The lowest BCUT2D eigenvalue weighted by molar-refractivity contribution is 0.189. The molecule has 4 nitrogen and oxygen atoms in total. The smallest absolute Gasteiger partial charge is 0.282 e. The molecular formula is C9H11O4S. The van der Waals surface area contributed by atoms with Crippen molar-refractivity contribution in [2.45, 2.75) is 17.7 Å². The molecule has 0 atom stereocenters. The zero-order valence-corrected chi connectivity index (χ0v) is 8.33. The molecule has 1 aromatic rings. The van der Waals surface area contributed by atoms with E-state index in [9.17, 15) is 13.5 Å². The molecule has 1 N–H and O–H groups in total. The van der Waals surface area contributed by atoms with E-state index >= 15 is 0 Å². The minimum atomic E-state index is -4.17. The van der Waals surface area contributed by atoms with E-state index < -0.39 is 10.1 Å². The Morgan fingerprint density at radius 2 is 1.86 bits per heavy atom. The first-order chi connectivity index (χ1) is 6.55. The molecule has 0 heterocycles. The van der Waals surface area contributed by atoms with Crippen molar-refractivity contribution in [2.75, 3.05) is 6.61 Å². The summed E-state index contributed by atoms with van der Waals surface area (Å²) in [6.45, 7) is -0.250. The van der Waals surface area contributed by atoms with Gasteiger partial charge in [0, 0.05) is 0 Å². The van der Waals surface area contributed by atoms with Crippen molar-refractivity contribution in [1.82, 2.24) is 0 Å². The van der Waals surface area contributed by atoms with Gasteiger partial charge in [-0.2, -0.15) is 8.42 Å². The molecule has 0 unspecified atom stereocenters. The second kappa shape index (κ2) is 4.54. The summed E-state index contributed by atoms with van der Waals surface area (Å²) in [5.74, 6) is 0. The third kappa shape index (κ3) is 2.80. The minimum absolute atomic E-state index is 0.103. The topological polar surface area (TPSA) is 74.3 Å². The summed E-state index contributed by atoms with van der Waals surface area (Å²) in [4.78, 5) is -0.103. The van der Waals surface area contributed by atoms with E-state index in [2.05, 4.69) is 0 Å². The summed E-state index contributed by atoms with van der Waals surface area (Å²) in [5, 5.41) is 10.3. The highest BCUT2D eigenvalue weighted by Gasteiger charge is 2.13. The van der Waals surface area contributed by atoms with Gasteiger partial charge in [0.15, 0.2) is 0 Å². The quantitative estimate of drug-likeness (QED) is 0.769. The Kier molecular flexibility index (Phi) is 3.62. The highest BCUT2D eigenvalue weighted by molar-refractivity contribution is 7.85. The maximum Gasteiger partial charge on any atom is 0.294 e. The van der Waals surface area contributed by atoms with Gasteiger partial charge in [-0.1, -0.05) is 18.2 Å². The normalized spacial score (nSPS) is 11.6. The third-order valence-corrected chi connectivity index (χ3v) is 2.80. The van der Waals surface area contributed by atoms with Crippen LogP contribution in [0.1, 0.15) is 12.0 Å². The van der Waals surface area contributed by atoms with Gasteiger partial charge in [0.1, 0.15) is 0 Å². The van der Waals surface area contributed by atoms with Crippen molar-refractivity contribution in [3.8, 4) is 0 Å². The van der Waals surface area contributed by atoms with Crippen LogP contribution in [0.25, 0.3) is 0 Å². The molecule has 0 spiro atoms. The molecule has 1 rings (SSSR count). The van der Waals surface area contributed by atoms with Crippen molar-refractivity contribution in [2.24, 2.45) is 0 Å². The van der Waals surface area contributed by atoms with Crippen LogP contribution in [0.5, 0.6) is 0 Å². The van der Waals surface area contributed by atoms with Crippen molar-refractivity contribution < 1.29 is 18.1 Å². The molecule has 1 aromatic carbocycles. The SMILES string of the molecule is [O]CCCc1ccccc1S(=O)(=O)O. The fourth-order valence-corrected chi connectivity index (χ4v) is 1.98. The predicted octanol–water partition coefficient (Wildman–Crippen LogP) is 1.30. The third-order valence-electron chi connectivity index (χ3n) is 1.84. The van der Waals surface area contributed by atoms with Gasteiger partial charge in [0.2, 0.25) is 0 Å². The van der Waals surface area contributed by atoms with Crippen LogP contribution in [0.2, 0.25) is 0 Å². The first kappa shape index (κ1) is 11.2. The molecule has 0 aromatic heterocycles. The van der Waals surface area contributed by atoms with E-state index in [1.54, 1.807) is 12.1 Å². The van der Waals surface area contributed by atoms with E-state index in [0.717, 1.165) is 0 Å². The molecule has 0 saturated heterocycles. The molecular weight excluding hydrogens is 204 g/mol. The van der Waals surface area contributed by atoms with Crippen LogP contribution in [0.3, 0.4) is 0 Å². The van der Waals surface area contributed by atoms with Gasteiger partial charge in [0.05, 0.1) is 11.5 Å². The fourth-order valence-electron chi connectivity index (χ4n) is 1.22.